The fraction of sp³-hybridized carbons (Fsp3) is 0.316. The Kier molecular flexibility index (Phi) is 6.93. The van der Waals surface area contributed by atoms with Crippen molar-refractivity contribution >= 4 is 34.4 Å². The Morgan fingerprint density at radius 2 is 1.70 bits per heavy atom. The largest absolute Gasteiger partial charge is 0.435 e. The van der Waals surface area contributed by atoms with Gasteiger partial charge in [0.2, 0.25) is 0 Å². The van der Waals surface area contributed by atoms with Gasteiger partial charge in [-0.2, -0.15) is 22.0 Å². The Bertz CT molecular complexity index is 871. The zero-order valence-electron chi connectivity index (χ0n) is 15.5. The van der Waals surface area contributed by atoms with Gasteiger partial charge in [0.1, 0.15) is 5.75 Å². The van der Waals surface area contributed by atoms with E-state index in [4.69, 9.17) is 17.0 Å². The maximum absolute atomic E-state index is 13.2. The van der Waals surface area contributed by atoms with Gasteiger partial charge in [0.15, 0.2) is 5.11 Å². The van der Waals surface area contributed by atoms with E-state index in [0.717, 1.165) is 12.1 Å². The van der Waals surface area contributed by atoms with Gasteiger partial charge in [0, 0.05) is 18.8 Å². The van der Waals surface area contributed by atoms with Crippen LogP contribution in [-0.2, 0) is 10.9 Å². The molecule has 0 bridgehead atoms. The van der Waals surface area contributed by atoms with E-state index in [9.17, 15) is 22.0 Å². The minimum absolute atomic E-state index is 0.0260. The standard InChI is InChI=1S/C19H18F5N3O2S/c20-17(21)29-14-4-2-13(3-5-14)25-18(30)26-15-11-12(19(22,23)24)1-6-16(15)27-7-9-28-10-8-27/h1-6,11,17H,7-10H2,(H2,25,26,30). The number of halogens is 5. The van der Waals surface area contributed by atoms with Crippen molar-refractivity contribution in [2.24, 2.45) is 0 Å². The fourth-order valence-electron chi connectivity index (χ4n) is 2.90. The van der Waals surface area contributed by atoms with Gasteiger partial charge < -0.3 is 25.0 Å². The molecule has 5 nitrogen and oxygen atoms in total. The Morgan fingerprint density at radius 1 is 1.03 bits per heavy atom. The first kappa shape index (κ1) is 22.0. The molecular formula is C19H18F5N3O2S. The number of nitrogens with one attached hydrogen (secondary N) is 2. The molecule has 0 atom stereocenters. The predicted molar refractivity (Wildman–Crippen MR) is 107 cm³/mol. The van der Waals surface area contributed by atoms with Crippen LogP contribution < -0.4 is 20.3 Å². The molecule has 0 spiro atoms. The molecular weight excluding hydrogens is 429 g/mol. The van der Waals surface area contributed by atoms with Gasteiger partial charge >= 0.3 is 12.8 Å². The Morgan fingerprint density at radius 3 is 2.30 bits per heavy atom. The highest BCUT2D eigenvalue weighted by molar-refractivity contribution is 7.80. The molecule has 1 aliphatic heterocycles. The van der Waals surface area contributed by atoms with Gasteiger partial charge in [-0.05, 0) is 54.7 Å². The van der Waals surface area contributed by atoms with Crippen molar-refractivity contribution in [1.82, 2.24) is 0 Å². The number of morpholine rings is 1. The van der Waals surface area contributed by atoms with Crippen molar-refractivity contribution < 1.29 is 31.4 Å². The van der Waals surface area contributed by atoms with Crippen LogP contribution in [0, 0.1) is 0 Å². The predicted octanol–water partition coefficient (Wildman–Crippen LogP) is 4.95. The molecule has 30 heavy (non-hydrogen) atoms. The van der Waals surface area contributed by atoms with Crippen molar-refractivity contribution in [3.8, 4) is 5.75 Å². The summed E-state index contributed by atoms with van der Waals surface area (Å²) in [6.45, 7) is -0.935. The summed E-state index contributed by atoms with van der Waals surface area (Å²) in [4.78, 5) is 1.91. The molecule has 2 aromatic rings. The lowest BCUT2D eigenvalue weighted by Crippen LogP contribution is -2.37. The average molecular weight is 447 g/mol. The minimum atomic E-state index is -4.50. The second-order valence-corrected chi connectivity index (χ2v) is 6.72. The number of rotatable bonds is 5. The molecule has 1 fully saturated rings. The quantitative estimate of drug-likeness (QED) is 0.500. The summed E-state index contributed by atoms with van der Waals surface area (Å²) in [6.07, 6.45) is -4.50. The van der Waals surface area contributed by atoms with Crippen molar-refractivity contribution in [1.29, 1.82) is 0 Å². The Balaban J connectivity index is 1.76. The van der Waals surface area contributed by atoms with Crippen molar-refractivity contribution in [2.75, 3.05) is 41.8 Å². The van der Waals surface area contributed by atoms with Crippen LogP contribution in [0.1, 0.15) is 5.56 Å². The fourth-order valence-corrected chi connectivity index (χ4v) is 3.12. The highest BCUT2D eigenvalue weighted by atomic mass is 32.1. The van der Waals surface area contributed by atoms with E-state index in [1.807, 2.05) is 4.90 Å². The van der Waals surface area contributed by atoms with Crippen LogP contribution in [0.4, 0.5) is 39.0 Å². The van der Waals surface area contributed by atoms with Gasteiger partial charge in [-0.1, -0.05) is 0 Å². The highest BCUT2D eigenvalue weighted by Gasteiger charge is 2.31. The lowest BCUT2D eigenvalue weighted by Gasteiger charge is -2.31. The van der Waals surface area contributed by atoms with Crippen LogP contribution in [-0.4, -0.2) is 38.0 Å². The van der Waals surface area contributed by atoms with Crippen molar-refractivity contribution in [3.63, 3.8) is 0 Å². The smallest absolute Gasteiger partial charge is 0.416 e. The molecule has 11 heteroatoms. The maximum atomic E-state index is 13.2. The van der Waals surface area contributed by atoms with Gasteiger partial charge in [-0.25, -0.2) is 0 Å². The Hall–Kier alpha value is -2.66. The van der Waals surface area contributed by atoms with Gasteiger partial charge in [-0.3, -0.25) is 0 Å². The number of thiocarbonyl (C=S) groups is 1. The number of alkyl halides is 5. The molecule has 1 aliphatic rings. The molecule has 3 rings (SSSR count). The summed E-state index contributed by atoms with van der Waals surface area (Å²) in [7, 11) is 0. The molecule has 0 radical (unpaired) electrons. The summed E-state index contributed by atoms with van der Waals surface area (Å²) < 4.78 is 73.5. The average Bonchev–Trinajstić information content (AvgIpc) is 2.69. The van der Waals surface area contributed by atoms with Crippen LogP contribution in [0.25, 0.3) is 0 Å². The van der Waals surface area contributed by atoms with Gasteiger partial charge in [0.25, 0.3) is 0 Å². The molecule has 0 aliphatic carbocycles. The molecule has 0 saturated carbocycles. The maximum Gasteiger partial charge on any atom is 0.416 e. The van der Waals surface area contributed by atoms with Gasteiger partial charge in [0.05, 0.1) is 30.2 Å². The molecule has 0 aromatic heterocycles. The van der Waals surface area contributed by atoms with E-state index in [1.54, 1.807) is 0 Å². The molecule has 0 amide bonds. The zero-order valence-corrected chi connectivity index (χ0v) is 16.3. The van der Waals surface area contributed by atoms with E-state index in [0.29, 0.717) is 37.7 Å². The third-order valence-corrected chi connectivity index (χ3v) is 4.47. The topological polar surface area (TPSA) is 45.8 Å². The highest BCUT2D eigenvalue weighted by Crippen LogP contribution is 2.36. The third-order valence-electron chi connectivity index (χ3n) is 4.26. The number of nitrogens with zero attached hydrogens (tertiary/aromatic N) is 1. The summed E-state index contributed by atoms with van der Waals surface area (Å²) in [5.41, 5.74) is 0.408. The first-order valence-electron chi connectivity index (χ1n) is 8.89. The zero-order chi connectivity index (χ0) is 21.7. The number of hydrogen-bond acceptors (Lipinski definition) is 4. The monoisotopic (exact) mass is 447 g/mol. The number of benzene rings is 2. The number of ether oxygens (including phenoxy) is 2. The molecule has 2 N–H and O–H groups in total. The van der Waals surface area contributed by atoms with E-state index in [1.165, 1.54) is 30.3 Å². The van der Waals surface area contributed by atoms with Crippen LogP contribution in [0.5, 0.6) is 5.75 Å². The lowest BCUT2D eigenvalue weighted by molar-refractivity contribution is -0.137. The number of anilines is 3. The Labute approximate surface area is 174 Å². The molecule has 162 valence electrons. The van der Waals surface area contributed by atoms with E-state index < -0.39 is 18.4 Å². The van der Waals surface area contributed by atoms with Crippen LogP contribution in [0.15, 0.2) is 42.5 Å². The van der Waals surface area contributed by atoms with E-state index in [-0.39, 0.29) is 16.5 Å². The summed E-state index contributed by atoms with van der Waals surface area (Å²) in [5, 5.41) is 5.66. The summed E-state index contributed by atoms with van der Waals surface area (Å²) in [6, 6.07) is 8.98. The first-order chi connectivity index (χ1) is 14.2. The molecule has 1 heterocycles. The SMILES string of the molecule is FC(F)Oc1ccc(NC(=S)Nc2cc(C(F)(F)F)ccc2N2CCOCC2)cc1. The van der Waals surface area contributed by atoms with Crippen LogP contribution in [0.3, 0.4) is 0 Å². The molecule has 2 aromatic carbocycles. The van der Waals surface area contributed by atoms with Crippen LogP contribution in [0.2, 0.25) is 0 Å². The van der Waals surface area contributed by atoms with Gasteiger partial charge in [-0.15, -0.1) is 0 Å². The normalized spacial score (nSPS) is 14.5. The second kappa shape index (κ2) is 9.43. The third kappa shape index (κ3) is 5.92. The lowest BCUT2D eigenvalue weighted by atomic mass is 10.1. The number of hydrogen-bond donors (Lipinski definition) is 2. The minimum Gasteiger partial charge on any atom is -0.435 e. The summed E-state index contributed by atoms with van der Waals surface area (Å²) >= 11 is 5.22. The van der Waals surface area contributed by atoms with E-state index >= 15 is 0 Å². The first-order valence-corrected chi connectivity index (χ1v) is 9.30. The summed E-state index contributed by atoms with van der Waals surface area (Å²) in [5.74, 6) is -0.0260. The van der Waals surface area contributed by atoms with Crippen molar-refractivity contribution in [2.45, 2.75) is 12.8 Å². The molecule has 0 unspecified atom stereocenters. The van der Waals surface area contributed by atoms with E-state index in [2.05, 4.69) is 15.4 Å². The van der Waals surface area contributed by atoms with Crippen molar-refractivity contribution in [3.05, 3.63) is 48.0 Å². The van der Waals surface area contributed by atoms with Crippen LogP contribution >= 0.6 is 12.2 Å². The second-order valence-electron chi connectivity index (χ2n) is 6.31. The molecule has 1 saturated heterocycles.